The van der Waals surface area contributed by atoms with Gasteiger partial charge in [-0.05, 0) is 93.3 Å². The number of rotatable bonds is 9. The maximum absolute atomic E-state index is 14.9. The van der Waals surface area contributed by atoms with Crippen LogP contribution in [0.15, 0.2) is 53.8 Å². The number of ether oxygens (including phenoxy) is 2. The number of nitrogens with zero attached hydrogens (tertiary/aromatic N) is 3. The number of carbonyl (C=O) groups is 2. The van der Waals surface area contributed by atoms with E-state index in [1.54, 1.807) is 27.0 Å². The fourth-order valence-electron chi connectivity index (χ4n) is 8.96. The lowest BCUT2D eigenvalue weighted by Crippen LogP contribution is -2.44. The Morgan fingerprint density at radius 2 is 1.74 bits per heavy atom. The molecule has 3 aromatic rings. The molecule has 2 atom stereocenters. The maximum Gasteiger partial charge on any atom is 0.264 e. The van der Waals surface area contributed by atoms with Gasteiger partial charge in [0.25, 0.3) is 5.91 Å². The third-order valence-electron chi connectivity index (χ3n) is 12.2. The van der Waals surface area contributed by atoms with Gasteiger partial charge in [-0.2, -0.15) is 0 Å². The van der Waals surface area contributed by atoms with Crippen molar-refractivity contribution in [3.63, 3.8) is 0 Å². The number of hydrogen-bond donors (Lipinski definition) is 2. The van der Waals surface area contributed by atoms with Crippen molar-refractivity contribution in [3.05, 3.63) is 65.4 Å². The zero-order chi connectivity index (χ0) is 37.8. The summed E-state index contributed by atoms with van der Waals surface area (Å²) in [6.07, 6.45) is 7.81. The second-order valence-electron chi connectivity index (χ2n) is 16.1. The Hall–Kier alpha value is -4.32. The van der Waals surface area contributed by atoms with Crippen LogP contribution in [0.1, 0.15) is 112 Å². The largest absolute Gasteiger partial charge is 0.497 e. The van der Waals surface area contributed by atoms with Gasteiger partial charge >= 0.3 is 0 Å². The van der Waals surface area contributed by atoms with E-state index >= 15 is 0 Å². The molecule has 2 aliphatic carbocycles. The van der Waals surface area contributed by atoms with Crippen molar-refractivity contribution < 1.29 is 27.5 Å². The highest BCUT2D eigenvalue weighted by Gasteiger charge is 2.64. The Morgan fingerprint density at radius 3 is 2.38 bits per heavy atom. The summed E-state index contributed by atoms with van der Waals surface area (Å²) < 4.78 is 41.7. The average Bonchev–Trinajstić information content (AvgIpc) is 3.82. The average molecular weight is 744 g/mol. The zero-order valence-electron chi connectivity index (χ0n) is 31.6. The van der Waals surface area contributed by atoms with Crippen LogP contribution in [0, 0.1) is 17.3 Å². The van der Waals surface area contributed by atoms with Crippen molar-refractivity contribution in [1.29, 1.82) is 0 Å². The molecule has 284 valence electrons. The molecule has 0 radical (unpaired) electrons. The molecule has 2 aromatic carbocycles. The van der Waals surface area contributed by atoms with Crippen molar-refractivity contribution in [2.45, 2.75) is 103 Å². The Labute approximate surface area is 313 Å². The van der Waals surface area contributed by atoms with Gasteiger partial charge in [0.15, 0.2) is 0 Å². The summed E-state index contributed by atoms with van der Waals surface area (Å²) in [4.78, 5) is 30.4. The van der Waals surface area contributed by atoms with E-state index in [0.717, 1.165) is 72.0 Å². The molecule has 3 heterocycles. The lowest BCUT2D eigenvalue weighted by atomic mass is 9.81. The summed E-state index contributed by atoms with van der Waals surface area (Å²) >= 11 is 0. The lowest BCUT2D eigenvalue weighted by Gasteiger charge is -2.35. The van der Waals surface area contributed by atoms with Crippen LogP contribution in [-0.4, -0.2) is 61.0 Å². The standard InChI is InChI=1S/C41H53N5O6S/c1-24(2)39(43-42)52-26(5)27-16-18-45(19-17-27)40(48)41-22-34(41)33-21-30(51-6)13-15-31(33)37-36(28-10-8-7-9-11-28)32-14-12-29(20-35(32)46(37)23-41)38(47)44-53(49,50)25(3)4/h12-15,20-21,24-25,27-28,34H,5,7-11,16-19,22-23,42H2,1-4,6H3,(H,44,47)/b43-39-. The Kier molecular flexibility index (Phi) is 9.88. The molecule has 2 saturated carbocycles. The van der Waals surface area contributed by atoms with Gasteiger partial charge < -0.3 is 24.8 Å². The molecule has 53 heavy (non-hydrogen) atoms. The summed E-state index contributed by atoms with van der Waals surface area (Å²) in [6, 6.07) is 11.8. The number of methoxy groups -OCH3 is 1. The molecule has 3 fully saturated rings. The summed E-state index contributed by atoms with van der Waals surface area (Å²) in [5.74, 6) is 7.34. The number of piperidine rings is 1. The number of nitrogens with one attached hydrogen (secondary N) is 1. The van der Waals surface area contributed by atoms with Gasteiger partial charge in [0.2, 0.25) is 21.8 Å². The van der Waals surface area contributed by atoms with Crippen LogP contribution in [0.2, 0.25) is 0 Å². The monoisotopic (exact) mass is 743 g/mol. The molecule has 2 unspecified atom stereocenters. The van der Waals surface area contributed by atoms with Crippen molar-refractivity contribution in [1.82, 2.24) is 14.2 Å². The van der Waals surface area contributed by atoms with E-state index in [1.807, 2.05) is 36.9 Å². The van der Waals surface area contributed by atoms with E-state index in [0.29, 0.717) is 43.6 Å². The van der Waals surface area contributed by atoms with Crippen LogP contribution in [0.5, 0.6) is 5.75 Å². The topological polar surface area (TPSA) is 145 Å². The molecule has 4 aliphatic rings. The number of hydrazone groups is 1. The predicted octanol–water partition coefficient (Wildman–Crippen LogP) is 7.02. The minimum Gasteiger partial charge on any atom is -0.497 e. The summed E-state index contributed by atoms with van der Waals surface area (Å²) in [5, 5.41) is 4.10. The molecular weight excluding hydrogens is 691 g/mol. The zero-order valence-corrected chi connectivity index (χ0v) is 32.4. The number of amides is 2. The molecule has 11 nitrogen and oxygen atoms in total. The van der Waals surface area contributed by atoms with Crippen molar-refractivity contribution in [2.75, 3.05) is 20.2 Å². The first kappa shape index (κ1) is 37.0. The number of aromatic nitrogens is 1. The van der Waals surface area contributed by atoms with Crippen LogP contribution in [0.3, 0.4) is 0 Å². The van der Waals surface area contributed by atoms with E-state index in [2.05, 4.69) is 33.1 Å². The Bertz CT molecular complexity index is 2090. The normalized spacial score (nSPS) is 22.2. The fraction of sp³-hybridized carbons (Fsp3) is 0.537. The van der Waals surface area contributed by atoms with Crippen molar-refractivity contribution in [2.24, 2.45) is 28.2 Å². The predicted molar refractivity (Wildman–Crippen MR) is 207 cm³/mol. The molecule has 7 rings (SSSR count). The van der Waals surface area contributed by atoms with Gasteiger partial charge in [0, 0.05) is 59.4 Å². The van der Waals surface area contributed by atoms with E-state index < -0.39 is 26.6 Å². The molecule has 2 aliphatic heterocycles. The number of carbonyl (C=O) groups excluding carboxylic acids is 2. The van der Waals surface area contributed by atoms with Gasteiger partial charge in [0.05, 0.1) is 23.5 Å². The first-order valence-corrected chi connectivity index (χ1v) is 20.7. The Morgan fingerprint density at radius 1 is 1.02 bits per heavy atom. The van der Waals surface area contributed by atoms with Gasteiger partial charge in [-0.25, -0.2) is 13.1 Å². The van der Waals surface area contributed by atoms with Gasteiger partial charge in [-0.3, -0.25) is 9.59 Å². The van der Waals surface area contributed by atoms with Crippen LogP contribution < -0.4 is 15.3 Å². The molecular formula is C41H53N5O6S. The second kappa shape index (κ2) is 14.2. The highest BCUT2D eigenvalue weighted by molar-refractivity contribution is 7.90. The first-order valence-electron chi connectivity index (χ1n) is 19.1. The first-order chi connectivity index (χ1) is 25.3. The number of benzene rings is 2. The van der Waals surface area contributed by atoms with Crippen LogP contribution in [0.4, 0.5) is 0 Å². The highest BCUT2D eigenvalue weighted by atomic mass is 32.2. The van der Waals surface area contributed by atoms with Crippen molar-refractivity contribution >= 4 is 38.6 Å². The Balaban J connectivity index is 1.29. The molecule has 2 amide bonds. The van der Waals surface area contributed by atoms with E-state index in [4.69, 9.17) is 15.3 Å². The quantitative estimate of drug-likeness (QED) is 0.0788. The molecule has 0 bridgehead atoms. The van der Waals surface area contributed by atoms with Crippen LogP contribution >= 0.6 is 0 Å². The third kappa shape index (κ3) is 6.61. The SMILES string of the molecule is C=C(O/C(=N\N)C(C)C)C1CCN(C(=O)C23CC2c2cc(OC)ccc2-c2c(C4CCCCC4)c4ccc(C(=O)NS(=O)(=O)C(C)C)cc4n2C3)CC1. The summed E-state index contributed by atoms with van der Waals surface area (Å²) in [7, 11) is -2.16. The van der Waals surface area contributed by atoms with E-state index in [-0.39, 0.29) is 29.2 Å². The third-order valence-corrected chi connectivity index (χ3v) is 13.9. The molecule has 12 heteroatoms. The number of sulfonamides is 1. The summed E-state index contributed by atoms with van der Waals surface area (Å²) in [5.41, 5.74) is 5.03. The smallest absolute Gasteiger partial charge is 0.264 e. The van der Waals surface area contributed by atoms with E-state index in [1.165, 1.54) is 12.0 Å². The molecule has 1 aromatic heterocycles. The molecule has 0 spiro atoms. The minimum absolute atomic E-state index is 0.00214. The van der Waals surface area contributed by atoms with Crippen molar-refractivity contribution in [3.8, 4) is 17.0 Å². The number of likely N-dealkylation sites (tertiary alicyclic amines) is 1. The summed E-state index contributed by atoms with van der Waals surface area (Å²) in [6.45, 7) is 12.8. The van der Waals surface area contributed by atoms with Gasteiger partial charge in [0.1, 0.15) is 11.5 Å². The van der Waals surface area contributed by atoms with Gasteiger partial charge in [-0.1, -0.05) is 45.8 Å². The highest BCUT2D eigenvalue weighted by Crippen LogP contribution is 2.66. The number of hydrogen-bond acceptors (Lipinski definition) is 8. The second-order valence-corrected chi connectivity index (χ2v) is 18.3. The number of nitrogens with two attached hydrogens (primary N) is 1. The minimum atomic E-state index is -3.83. The molecule has 3 N–H and O–H groups in total. The lowest BCUT2D eigenvalue weighted by molar-refractivity contribution is -0.139. The van der Waals surface area contributed by atoms with Crippen LogP contribution in [0.25, 0.3) is 22.2 Å². The molecule has 1 saturated heterocycles. The number of allylic oxidation sites excluding steroid dienone is 1. The fourth-order valence-corrected chi connectivity index (χ4v) is 9.57. The van der Waals surface area contributed by atoms with E-state index in [9.17, 15) is 18.0 Å². The van der Waals surface area contributed by atoms with Gasteiger partial charge in [-0.15, -0.1) is 5.10 Å². The maximum atomic E-state index is 14.9. The van der Waals surface area contributed by atoms with Crippen LogP contribution in [-0.2, 0) is 26.1 Å². The number of fused-ring (bicyclic) bond motifs is 7.